The van der Waals surface area contributed by atoms with Gasteiger partial charge in [-0.2, -0.15) is 0 Å². The SMILES string of the molecule is Cc1sc(-n2cccc2)c(C(=O)NCCCOC(C)C)c1C. The molecule has 2 heterocycles. The molecule has 5 heteroatoms. The van der Waals surface area contributed by atoms with E-state index in [1.165, 1.54) is 4.88 Å². The summed E-state index contributed by atoms with van der Waals surface area (Å²) in [7, 11) is 0. The van der Waals surface area contributed by atoms with Crippen LogP contribution in [-0.2, 0) is 4.74 Å². The fourth-order valence-corrected chi connectivity index (χ4v) is 3.33. The molecule has 0 saturated heterocycles. The van der Waals surface area contributed by atoms with E-state index < -0.39 is 0 Å². The first-order chi connectivity index (χ1) is 10.5. The Morgan fingerprint density at radius 1 is 1.32 bits per heavy atom. The Morgan fingerprint density at radius 2 is 2.00 bits per heavy atom. The number of thiophene rings is 1. The highest BCUT2D eigenvalue weighted by Gasteiger charge is 2.20. The molecule has 2 aromatic heterocycles. The monoisotopic (exact) mass is 320 g/mol. The van der Waals surface area contributed by atoms with Gasteiger partial charge in [-0.1, -0.05) is 0 Å². The van der Waals surface area contributed by atoms with Gasteiger partial charge in [-0.05, 0) is 51.8 Å². The van der Waals surface area contributed by atoms with E-state index in [9.17, 15) is 4.79 Å². The van der Waals surface area contributed by atoms with Gasteiger partial charge in [0.05, 0.1) is 11.7 Å². The minimum atomic E-state index is -0.00454. The molecule has 0 unspecified atom stereocenters. The molecule has 22 heavy (non-hydrogen) atoms. The van der Waals surface area contributed by atoms with Gasteiger partial charge in [0.1, 0.15) is 5.00 Å². The minimum Gasteiger partial charge on any atom is -0.379 e. The first-order valence-electron chi connectivity index (χ1n) is 7.64. The number of ether oxygens (including phenoxy) is 1. The largest absolute Gasteiger partial charge is 0.379 e. The summed E-state index contributed by atoms with van der Waals surface area (Å²) in [4.78, 5) is 13.7. The molecule has 1 amide bonds. The third-order valence-electron chi connectivity index (χ3n) is 3.49. The van der Waals surface area contributed by atoms with Gasteiger partial charge in [0, 0.05) is 30.4 Å². The van der Waals surface area contributed by atoms with Crippen LogP contribution in [0.1, 0.15) is 41.1 Å². The summed E-state index contributed by atoms with van der Waals surface area (Å²) in [5, 5.41) is 3.99. The third kappa shape index (κ3) is 3.99. The first kappa shape index (κ1) is 16.8. The molecule has 2 aromatic rings. The van der Waals surface area contributed by atoms with E-state index in [-0.39, 0.29) is 12.0 Å². The van der Waals surface area contributed by atoms with Crippen molar-refractivity contribution < 1.29 is 9.53 Å². The Balaban J connectivity index is 2.03. The topological polar surface area (TPSA) is 43.3 Å². The normalized spacial score (nSPS) is 11.1. The molecule has 0 spiro atoms. The van der Waals surface area contributed by atoms with E-state index >= 15 is 0 Å². The Morgan fingerprint density at radius 3 is 2.64 bits per heavy atom. The molecule has 0 saturated carbocycles. The minimum absolute atomic E-state index is 0.00454. The van der Waals surface area contributed by atoms with Crippen molar-refractivity contribution in [2.75, 3.05) is 13.2 Å². The van der Waals surface area contributed by atoms with E-state index in [0.717, 1.165) is 22.5 Å². The quantitative estimate of drug-likeness (QED) is 0.791. The highest BCUT2D eigenvalue weighted by molar-refractivity contribution is 7.15. The predicted octanol–water partition coefficient (Wildman–Crippen LogP) is 3.70. The smallest absolute Gasteiger partial charge is 0.254 e. The zero-order valence-electron chi connectivity index (χ0n) is 13.7. The number of carbonyl (C=O) groups is 1. The molecule has 0 aliphatic carbocycles. The molecule has 0 atom stereocenters. The number of carbonyl (C=O) groups excluding carboxylic acids is 1. The number of nitrogens with one attached hydrogen (secondary N) is 1. The van der Waals surface area contributed by atoms with Crippen LogP contribution in [0, 0.1) is 13.8 Å². The van der Waals surface area contributed by atoms with Crippen LogP contribution in [0.4, 0.5) is 0 Å². The second-order valence-corrected chi connectivity index (χ2v) is 6.79. The number of amides is 1. The third-order valence-corrected chi connectivity index (χ3v) is 4.71. The lowest BCUT2D eigenvalue weighted by molar-refractivity contribution is 0.0757. The Bertz CT molecular complexity index is 615. The van der Waals surface area contributed by atoms with Crippen molar-refractivity contribution >= 4 is 17.2 Å². The van der Waals surface area contributed by atoms with Crippen molar-refractivity contribution in [3.63, 3.8) is 0 Å². The van der Waals surface area contributed by atoms with Crippen LogP contribution in [0.3, 0.4) is 0 Å². The molecule has 0 aromatic carbocycles. The zero-order valence-corrected chi connectivity index (χ0v) is 14.5. The summed E-state index contributed by atoms with van der Waals surface area (Å²) in [6.07, 6.45) is 5.00. The van der Waals surface area contributed by atoms with Crippen LogP contribution < -0.4 is 5.32 Å². The van der Waals surface area contributed by atoms with E-state index in [1.807, 2.05) is 49.9 Å². The average molecular weight is 320 g/mol. The highest BCUT2D eigenvalue weighted by atomic mass is 32.1. The zero-order chi connectivity index (χ0) is 16.1. The molecular formula is C17H24N2O2S. The molecule has 0 bridgehead atoms. The fraction of sp³-hybridized carbons (Fsp3) is 0.471. The summed E-state index contributed by atoms with van der Waals surface area (Å²) >= 11 is 1.65. The van der Waals surface area contributed by atoms with Crippen molar-refractivity contribution in [3.05, 3.63) is 40.5 Å². The molecule has 120 valence electrons. The molecule has 2 rings (SSSR count). The van der Waals surface area contributed by atoms with E-state index in [1.54, 1.807) is 11.3 Å². The van der Waals surface area contributed by atoms with Crippen molar-refractivity contribution in [1.82, 2.24) is 9.88 Å². The Hall–Kier alpha value is -1.59. The lowest BCUT2D eigenvalue weighted by atomic mass is 10.1. The Kier molecular flexibility index (Phi) is 5.80. The van der Waals surface area contributed by atoms with Gasteiger partial charge in [0.25, 0.3) is 5.91 Å². The lowest BCUT2D eigenvalue weighted by Gasteiger charge is -2.10. The Labute approximate surface area is 136 Å². The number of hydrogen-bond donors (Lipinski definition) is 1. The summed E-state index contributed by atoms with van der Waals surface area (Å²) in [6.45, 7) is 9.39. The molecular weight excluding hydrogens is 296 g/mol. The molecule has 0 radical (unpaired) electrons. The molecule has 0 aliphatic rings. The molecule has 1 N–H and O–H groups in total. The van der Waals surface area contributed by atoms with Crippen LogP contribution in [0.2, 0.25) is 0 Å². The van der Waals surface area contributed by atoms with Gasteiger partial charge < -0.3 is 14.6 Å². The second-order valence-electron chi connectivity index (χ2n) is 5.58. The van der Waals surface area contributed by atoms with E-state index in [4.69, 9.17) is 4.74 Å². The van der Waals surface area contributed by atoms with Gasteiger partial charge in [0.15, 0.2) is 0 Å². The summed E-state index contributed by atoms with van der Waals surface area (Å²) in [6, 6.07) is 3.94. The van der Waals surface area contributed by atoms with Gasteiger partial charge in [-0.3, -0.25) is 4.79 Å². The summed E-state index contributed by atoms with van der Waals surface area (Å²) in [5.41, 5.74) is 1.84. The number of hydrogen-bond acceptors (Lipinski definition) is 3. The first-order valence-corrected chi connectivity index (χ1v) is 8.45. The van der Waals surface area contributed by atoms with Gasteiger partial charge in [0.2, 0.25) is 0 Å². The fourth-order valence-electron chi connectivity index (χ4n) is 2.21. The predicted molar refractivity (Wildman–Crippen MR) is 91.2 cm³/mol. The lowest BCUT2D eigenvalue weighted by Crippen LogP contribution is -2.26. The van der Waals surface area contributed by atoms with Crippen LogP contribution in [0.25, 0.3) is 5.00 Å². The van der Waals surface area contributed by atoms with Crippen LogP contribution in [0.15, 0.2) is 24.5 Å². The summed E-state index contributed by atoms with van der Waals surface area (Å²) in [5.74, 6) is -0.00454. The van der Waals surface area contributed by atoms with Crippen LogP contribution in [0.5, 0.6) is 0 Å². The second kappa shape index (κ2) is 7.61. The summed E-state index contributed by atoms with van der Waals surface area (Å²) < 4.78 is 7.49. The van der Waals surface area contributed by atoms with Crippen molar-refractivity contribution in [2.24, 2.45) is 0 Å². The number of aryl methyl sites for hydroxylation is 1. The van der Waals surface area contributed by atoms with E-state index in [2.05, 4.69) is 12.2 Å². The standard InChI is InChI=1S/C17H24N2O2S/c1-12(2)21-11-7-8-18-16(20)15-13(3)14(4)22-17(15)19-9-5-6-10-19/h5-6,9-10,12H,7-8,11H2,1-4H3,(H,18,20). The number of nitrogens with zero attached hydrogens (tertiary/aromatic N) is 1. The number of aromatic nitrogens is 1. The van der Waals surface area contributed by atoms with Crippen LogP contribution >= 0.6 is 11.3 Å². The van der Waals surface area contributed by atoms with Crippen molar-refractivity contribution in [2.45, 2.75) is 40.2 Å². The highest BCUT2D eigenvalue weighted by Crippen LogP contribution is 2.30. The van der Waals surface area contributed by atoms with Gasteiger partial charge >= 0.3 is 0 Å². The molecule has 0 aliphatic heterocycles. The van der Waals surface area contributed by atoms with Crippen molar-refractivity contribution in [1.29, 1.82) is 0 Å². The maximum Gasteiger partial charge on any atom is 0.254 e. The number of rotatable bonds is 7. The maximum atomic E-state index is 12.5. The molecule has 0 fully saturated rings. The van der Waals surface area contributed by atoms with Gasteiger partial charge in [-0.15, -0.1) is 11.3 Å². The van der Waals surface area contributed by atoms with Crippen molar-refractivity contribution in [3.8, 4) is 5.00 Å². The molecule has 4 nitrogen and oxygen atoms in total. The van der Waals surface area contributed by atoms with E-state index in [0.29, 0.717) is 13.2 Å². The average Bonchev–Trinajstić information content (AvgIpc) is 3.07. The maximum absolute atomic E-state index is 12.5. The van der Waals surface area contributed by atoms with Gasteiger partial charge in [-0.25, -0.2) is 0 Å². The van der Waals surface area contributed by atoms with Crippen LogP contribution in [-0.4, -0.2) is 29.7 Å².